The van der Waals surface area contributed by atoms with Crippen LogP contribution in [0.1, 0.15) is 63.0 Å². The molecule has 0 spiro atoms. The van der Waals surface area contributed by atoms with Crippen molar-refractivity contribution in [3.05, 3.63) is 35.4 Å². The third-order valence-electron chi connectivity index (χ3n) is 4.25. The maximum absolute atomic E-state index is 12.1. The van der Waals surface area contributed by atoms with Crippen LogP contribution in [0.15, 0.2) is 24.3 Å². The van der Waals surface area contributed by atoms with E-state index >= 15 is 0 Å². The quantitative estimate of drug-likeness (QED) is 0.835. The molecule has 0 aromatic heterocycles. The smallest absolute Gasteiger partial charge is 0.221 e. The molecule has 0 aliphatic heterocycles. The van der Waals surface area contributed by atoms with E-state index < -0.39 is 10.8 Å². The minimum atomic E-state index is -0.973. The zero-order chi connectivity index (χ0) is 15.9. The molecular weight excluding hydrogens is 294 g/mol. The van der Waals surface area contributed by atoms with Crippen molar-refractivity contribution in [1.82, 2.24) is 5.32 Å². The third kappa shape index (κ3) is 5.56. The number of carbonyl (C=O) groups is 1. The highest BCUT2D eigenvalue weighted by Crippen LogP contribution is 2.18. The first-order valence-electron chi connectivity index (χ1n) is 8.28. The lowest BCUT2D eigenvalue weighted by Gasteiger charge is -2.11. The van der Waals surface area contributed by atoms with Gasteiger partial charge in [0.15, 0.2) is 0 Å². The van der Waals surface area contributed by atoms with E-state index in [4.69, 9.17) is 0 Å². The van der Waals surface area contributed by atoms with Gasteiger partial charge in [-0.25, -0.2) is 0 Å². The first kappa shape index (κ1) is 17.2. The summed E-state index contributed by atoms with van der Waals surface area (Å²) < 4.78 is 12.1. The van der Waals surface area contributed by atoms with E-state index in [-0.39, 0.29) is 5.91 Å². The van der Waals surface area contributed by atoms with Gasteiger partial charge in [-0.2, -0.15) is 0 Å². The lowest BCUT2D eigenvalue weighted by Crippen LogP contribution is -2.33. The summed E-state index contributed by atoms with van der Waals surface area (Å²) in [5.41, 5.74) is 2.38. The Morgan fingerprint density at radius 1 is 1.23 bits per heavy atom. The Bertz CT molecular complexity index is 504. The SMILES string of the molecule is CC(C)c1ccc(C[S@@](=O)CCC(=O)NC2CCCC2)cc1. The second-order valence-electron chi connectivity index (χ2n) is 6.48. The van der Waals surface area contributed by atoms with E-state index in [9.17, 15) is 9.00 Å². The molecule has 1 saturated carbocycles. The maximum Gasteiger partial charge on any atom is 0.221 e. The van der Waals surface area contributed by atoms with Crippen LogP contribution < -0.4 is 5.32 Å². The van der Waals surface area contributed by atoms with Gasteiger partial charge >= 0.3 is 0 Å². The molecule has 1 amide bonds. The number of hydrogen-bond acceptors (Lipinski definition) is 2. The Morgan fingerprint density at radius 3 is 2.45 bits per heavy atom. The van der Waals surface area contributed by atoms with Crippen LogP contribution in [0.5, 0.6) is 0 Å². The highest BCUT2D eigenvalue weighted by atomic mass is 32.2. The second-order valence-corrected chi connectivity index (χ2v) is 8.06. The summed E-state index contributed by atoms with van der Waals surface area (Å²) in [4.78, 5) is 11.8. The molecule has 2 rings (SSSR count). The summed E-state index contributed by atoms with van der Waals surface area (Å²) in [5, 5.41) is 3.04. The number of benzene rings is 1. The van der Waals surface area contributed by atoms with Gasteiger partial charge < -0.3 is 5.32 Å². The van der Waals surface area contributed by atoms with Crippen molar-refractivity contribution >= 4 is 16.7 Å². The van der Waals surface area contributed by atoms with Crippen LogP contribution in [0.25, 0.3) is 0 Å². The molecule has 0 bridgehead atoms. The van der Waals surface area contributed by atoms with Gasteiger partial charge in [-0.05, 0) is 29.9 Å². The molecule has 3 nitrogen and oxygen atoms in total. The van der Waals surface area contributed by atoms with Crippen molar-refractivity contribution < 1.29 is 9.00 Å². The molecular formula is C18H27NO2S. The third-order valence-corrected chi connectivity index (χ3v) is 5.57. The predicted octanol–water partition coefficient (Wildman–Crippen LogP) is 3.51. The van der Waals surface area contributed by atoms with Gasteiger partial charge in [-0.15, -0.1) is 0 Å². The molecule has 0 saturated heterocycles. The average molecular weight is 321 g/mol. The lowest BCUT2D eigenvalue weighted by molar-refractivity contribution is -0.121. The maximum atomic E-state index is 12.1. The van der Waals surface area contributed by atoms with Crippen molar-refractivity contribution in [2.75, 3.05) is 5.75 Å². The number of nitrogens with one attached hydrogen (secondary N) is 1. The number of carbonyl (C=O) groups excluding carboxylic acids is 1. The molecule has 1 N–H and O–H groups in total. The molecule has 1 aromatic carbocycles. The molecule has 22 heavy (non-hydrogen) atoms. The van der Waals surface area contributed by atoms with Crippen LogP contribution in [0.2, 0.25) is 0 Å². The van der Waals surface area contributed by atoms with Gasteiger partial charge in [0.2, 0.25) is 5.91 Å². The Morgan fingerprint density at radius 2 is 1.86 bits per heavy atom. The summed E-state index contributed by atoms with van der Waals surface area (Å²) in [6.07, 6.45) is 4.98. The fourth-order valence-electron chi connectivity index (χ4n) is 2.83. The summed E-state index contributed by atoms with van der Waals surface area (Å²) in [6, 6.07) is 8.65. The molecule has 1 atom stereocenters. The van der Waals surface area contributed by atoms with E-state index in [0.717, 1.165) is 18.4 Å². The Kier molecular flexibility index (Phi) is 6.62. The van der Waals surface area contributed by atoms with Crippen LogP contribution in [0, 0.1) is 0 Å². The first-order valence-corrected chi connectivity index (χ1v) is 9.76. The van der Waals surface area contributed by atoms with Crippen LogP contribution in [-0.4, -0.2) is 21.9 Å². The molecule has 1 aromatic rings. The van der Waals surface area contributed by atoms with E-state index in [2.05, 4.69) is 31.3 Å². The van der Waals surface area contributed by atoms with Gasteiger partial charge in [0.05, 0.1) is 0 Å². The highest BCUT2D eigenvalue weighted by molar-refractivity contribution is 7.84. The molecule has 0 unspecified atom stereocenters. The van der Waals surface area contributed by atoms with Crippen LogP contribution >= 0.6 is 0 Å². The number of amides is 1. The Hall–Kier alpha value is -1.16. The van der Waals surface area contributed by atoms with Crippen LogP contribution in [0.3, 0.4) is 0 Å². The zero-order valence-corrected chi connectivity index (χ0v) is 14.5. The minimum absolute atomic E-state index is 0.0513. The van der Waals surface area contributed by atoms with Gasteiger partial charge in [-0.1, -0.05) is 51.0 Å². The first-order chi connectivity index (χ1) is 10.5. The van der Waals surface area contributed by atoms with E-state index in [1.807, 2.05) is 12.1 Å². The minimum Gasteiger partial charge on any atom is -0.353 e. The van der Waals surface area contributed by atoms with E-state index in [1.54, 1.807) is 0 Å². The van der Waals surface area contributed by atoms with Gasteiger partial charge in [0.1, 0.15) is 0 Å². The molecule has 122 valence electrons. The van der Waals surface area contributed by atoms with Gasteiger partial charge in [0.25, 0.3) is 0 Å². The fraction of sp³-hybridized carbons (Fsp3) is 0.611. The topological polar surface area (TPSA) is 46.2 Å². The Balaban J connectivity index is 1.71. The highest BCUT2D eigenvalue weighted by Gasteiger charge is 2.17. The second kappa shape index (κ2) is 8.47. The fourth-order valence-corrected chi connectivity index (χ4v) is 3.95. The predicted molar refractivity (Wildman–Crippen MR) is 92.3 cm³/mol. The van der Waals surface area contributed by atoms with E-state index in [1.165, 1.54) is 18.4 Å². The zero-order valence-electron chi connectivity index (χ0n) is 13.6. The summed E-state index contributed by atoms with van der Waals surface area (Å²) in [5.74, 6) is 1.55. The number of rotatable bonds is 7. The number of hydrogen-bond donors (Lipinski definition) is 1. The van der Waals surface area contributed by atoms with Crippen molar-refractivity contribution in [2.24, 2.45) is 0 Å². The summed E-state index contributed by atoms with van der Waals surface area (Å²) in [6.45, 7) is 4.33. The monoisotopic (exact) mass is 321 g/mol. The van der Waals surface area contributed by atoms with Crippen molar-refractivity contribution in [1.29, 1.82) is 0 Å². The molecule has 1 fully saturated rings. The largest absolute Gasteiger partial charge is 0.353 e. The summed E-state index contributed by atoms with van der Waals surface area (Å²) in [7, 11) is -0.973. The van der Waals surface area contributed by atoms with Crippen molar-refractivity contribution in [3.8, 4) is 0 Å². The Labute approximate surface area is 136 Å². The molecule has 0 heterocycles. The molecule has 1 aliphatic rings. The normalized spacial score (nSPS) is 16.9. The molecule has 1 aliphatic carbocycles. The van der Waals surface area contributed by atoms with E-state index in [0.29, 0.717) is 29.9 Å². The van der Waals surface area contributed by atoms with Crippen LogP contribution in [0.4, 0.5) is 0 Å². The lowest BCUT2D eigenvalue weighted by atomic mass is 10.0. The standard InChI is InChI=1S/C18H27NO2S/c1-14(2)16-9-7-15(8-10-16)13-22(21)12-11-18(20)19-17-5-3-4-6-17/h7-10,14,17H,3-6,11-13H2,1-2H3,(H,19,20)/t22-/m0/s1. The van der Waals surface area contributed by atoms with Crippen molar-refractivity contribution in [2.45, 2.75) is 63.7 Å². The van der Waals surface area contributed by atoms with Crippen LogP contribution in [-0.2, 0) is 21.3 Å². The van der Waals surface area contributed by atoms with Gasteiger partial charge in [-0.3, -0.25) is 9.00 Å². The van der Waals surface area contributed by atoms with Gasteiger partial charge in [0, 0.05) is 34.8 Å². The molecule has 0 radical (unpaired) electrons. The average Bonchev–Trinajstić information content (AvgIpc) is 2.98. The molecule has 4 heteroatoms. The summed E-state index contributed by atoms with van der Waals surface area (Å²) >= 11 is 0. The van der Waals surface area contributed by atoms with Crippen molar-refractivity contribution in [3.63, 3.8) is 0 Å².